The highest BCUT2D eigenvalue weighted by molar-refractivity contribution is 5.95. The monoisotopic (exact) mass is 338 g/mol. The average molecular weight is 338 g/mol. The Labute approximate surface area is 147 Å². The number of amides is 1. The van der Waals surface area contributed by atoms with Gasteiger partial charge in [0, 0.05) is 38.3 Å². The zero-order chi connectivity index (χ0) is 17.1. The largest absolute Gasteiger partial charge is 0.454 e. The quantitative estimate of drug-likeness (QED) is 0.859. The first-order chi connectivity index (χ1) is 12.3. The molecule has 2 aliphatic rings. The average Bonchev–Trinajstić information content (AvgIpc) is 3.15. The van der Waals surface area contributed by atoms with Gasteiger partial charge in [-0.05, 0) is 30.2 Å². The summed E-state index contributed by atoms with van der Waals surface area (Å²) in [7, 11) is 0. The van der Waals surface area contributed by atoms with E-state index in [2.05, 4.69) is 29.2 Å². The van der Waals surface area contributed by atoms with Gasteiger partial charge in [0.1, 0.15) is 0 Å². The minimum atomic E-state index is 0.0704. The van der Waals surface area contributed by atoms with E-state index in [1.54, 1.807) is 6.07 Å². The Bertz CT molecular complexity index is 740. The fourth-order valence-corrected chi connectivity index (χ4v) is 3.32. The van der Waals surface area contributed by atoms with Gasteiger partial charge in [-0.3, -0.25) is 9.69 Å². The molecule has 0 atom stereocenters. The minimum absolute atomic E-state index is 0.0704. The number of fused-ring (bicyclic) bond motifs is 1. The molecule has 4 rings (SSSR count). The molecule has 0 aromatic heterocycles. The zero-order valence-corrected chi connectivity index (χ0v) is 14.2. The van der Waals surface area contributed by atoms with E-state index in [1.807, 2.05) is 23.1 Å². The summed E-state index contributed by atoms with van der Waals surface area (Å²) in [6.07, 6.45) is 1.05. The van der Waals surface area contributed by atoms with Crippen molar-refractivity contribution in [2.45, 2.75) is 6.42 Å². The van der Waals surface area contributed by atoms with Gasteiger partial charge in [0.15, 0.2) is 11.5 Å². The van der Waals surface area contributed by atoms with Gasteiger partial charge in [-0.2, -0.15) is 0 Å². The number of ether oxygens (including phenoxy) is 2. The number of nitrogens with zero attached hydrogens (tertiary/aromatic N) is 2. The van der Waals surface area contributed by atoms with Crippen molar-refractivity contribution in [2.75, 3.05) is 39.5 Å². The first kappa shape index (κ1) is 16.0. The smallest absolute Gasteiger partial charge is 0.254 e. The molecule has 2 aliphatic heterocycles. The zero-order valence-electron chi connectivity index (χ0n) is 14.2. The summed E-state index contributed by atoms with van der Waals surface area (Å²) in [5.74, 6) is 1.44. The molecule has 0 unspecified atom stereocenters. The molecule has 1 fully saturated rings. The van der Waals surface area contributed by atoms with Crippen molar-refractivity contribution in [1.29, 1.82) is 0 Å². The molecular formula is C20H22N2O3. The molecule has 2 aromatic carbocycles. The molecule has 5 heteroatoms. The van der Waals surface area contributed by atoms with Crippen molar-refractivity contribution in [1.82, 2.24) is 9.80 Å². The number of carbonyl (C=O) groups is 1. The van der Waals surface area contributed by atoms with Gasteiger partial charge in [-0.25, -0.2) is 0 Å². The van der Waals surface area contributed by atoms with E-state index in [4.69, 9.17) is 9.47 Å². The maximum Gasteiger partial charge on any atom is 0.254 e. The lowest BCUT2D eigenvalue weighted by atomic mass is 10.1. The van der Waals surface area contributed by atoms with Gasteiger partial charge in [-0.15, -0.1) is 0 Å². The van der Waals surface area contributed by atoms with Crippen molar-refractivity contribution >= 4 is 5.91 Å². The second-order valence-electron chi connectivity index (χ2n) is 6.44. The molecule has 0 aliphatic carbocycles. The summed E-state index contributed by atoms with van der Waals surface area (Å²) < 4.78 is 10.7. The molecule has 0 bridgehead atoms. The molecule has 2 heterocycles. The second kappa shape index (κ2) is 7.15. The Hall–Kier alpha value is -2.53. The summed E-state index contributed by atoms with van der Waals surface area (Å²) in [5.41, 5.74) is 2.03. The maximum atomic E-state index is 12.7. The van der Waals surface area contributed by atoms with E-state index in [1.165, 1.54) is 5.56 Å². The van der Waals surface area contributed by atoms with Gasteiger partial charge in [0.2, 0.25) is 6.79 Å². The molecule has 0 N–H and O–H groups in total. The molecule has 1 amide bonds. The Kier molecular flexibility index (Phi) is 4.57. The Balaban J connectivity index is 1.30. The van der Waals surface area contributed by atoms with E-state index >= 15 is 0 Å². The fraction of sp³-hybridized carbons (Fsp3) is 0.350. The highest BCUT2D eigenvalue weighted by atomic mass is 16.7. The SMILES string of the molecule is O=C(c1ccc2c(c1)OCO2)N1CCN(CCc2ccccc2)CC1. The van der Waals surface area contributed by atoms with Crippen LogP contribution in [0.2, 0.25) is 0 Å². The Morgan fingerprint density at radius 2 is 1.68 bits per heavy atom. The Morgan fingerprint density at radius 3 is 2.48 bits per heavy atom. The highest BCUT2D eigenvalue weighted by Gasteiger charge is 2.23. The Morgan fingerprint density at radius 1 is 0.920 bits per heavy atom. The van der Waals surface area contributed by atoms with Crippen LogP contribution in [-0.4, -0.2) is 55.2 Å². The van der Waals surface area contributed by atoms with Crippen molar-refractivity contribution < 1.29 is 14.3 Å². The van der Waals surface area contributed by atoms with Crippen molar-refractivity contribution in [3.8, 4) is 11.5 Å². The number of benzene rings is 2. The molecule has 130 valence electrons. The van der Waals surface area contributed by atoms with Crippen LogP contribution in [0.5, 0.6) is 11.5 Å². The highest BCUT2D eigenvalue weighted by Crippen LogP contribution is 2.32. The summed E-state index contributed by atoms with van der Waals surface area (Å²) >= 11 is 0. The molecule has 0 saturated carbocycles. The van der Waals surface area contributed by atoms with E-state index in [9.17, 15) is 4.79 Å². The number of carbonyl (C=O) groups excluding carboxylic acids is 1. The summed E-state index contributed by atoms with van der Waals surface area (Å²) in [5, 5.41) is 0. The molecule has 1 saturated heterocycles. The fourth-order valence-electron chi connectivity index (χ4n) is 3.32. The topological polar surface area (TPSA) is 42.0 Å². The summed E-state index contributed by atoms with van der Waals surface area (Å²) in [6.45, 7) is 4.64. The van der Waals surface area contributed by atoms with E-state index < -0.39 is 0 Å². The number of rotatable bonds is 4. The first-order valence-electron chi connectivity index (χ1n) is 8.75. The van der Waals surface area contributed by atoms with Crippen LogP contribution in [-0.2, 0) is 6.42 Å². The number of hydrogen-bond donors (Lipinski definition) is 0. The van der Waals surface area contributed by atoms with Crippen molar-refractivity contribution in [3.63, 3.8) is 0 Å². The molecule has 0 radical (unpaired) electrons. The van der Waals surface area contributed by atoms with Crippen LogP contribution in [0.25, 0.3) is 0 Å². The molecular weight excluding hydrogens is 316 g/mol. The van der Waals surface area contributed by atoms with Gasteiger partial charge >= 0.3 is 0 Å². The standard InChI is InChI=1S/C20H22N2O3/c23-20(17-6-7-18-19(14-17)25-15-24-18)22-12-10-21(11-13-22)9-8-16-4-2-1-3-5-16/h1-7,14H,8-13,15H2. The van der Waals surface area contributed by atoms with Crippen LogP contribution in [0.1, 0.15) is 15.9 Å². The van der Waals surface area contributed by atoms with E-state index in [0.29, 0.717) is 17.1 Å². The third-order valence-corrected chi connectivity index (χ3v) is 4.84. The van der Waals surface area contributed by atoms with Crippen LogP contribution >= 0.6 is 0 Å². The van der Waals surface area contributed by atoms with Gasteiger partial charge in [0.25, 0.3) is 5.91 Å². The lowest BCUT2D eigenvalue weighted by Crippen LogP contribution is -2.49. The van der Waals surface area contributed by atoms with Gasteiger partial charge in [-0.1, -0.05) is 30.3 Å². The van der Waals surface area contributed by atoms with Crippen molar-refractivity contribution in [3.05, 3.63) is 59.7 Å². The van der Waals surface area contributed by atoms with Crippen LogP contribution < -0.4 is 9.47 Å². The molecule has 0 spiro atoms. The predicted molar refractivity (Wildman–Crippen MR) is 95.1 cm³/mol. The third-order valence-electron chi connectivity index (χ3n) is 4.84. The van der Waals surface area contributed by atoms with Gasteiger partial charge < -0.3 is 14.4 Å². The summed E-state index contributed by atoms with van der Waals surface area (Å²) in [4.78, 5) is 17.1. The summed E-state index contributed by atoms with van der Waals surface area (Å²) in [6, 6.07) is 16.0. The number of hydrogen-bond acceptors (Lipinski definition) is 4. The molecule has 5 nitrogen and oxygen atoms in total. The van der Waals surface area contributed by atoms with Crippen LogP contribution in [0, 0.1) is 0 Å². The second-order valence-corrected chi connectivity index (χ2v) is 6.44. The lowest BCUT2D eigenvalue weighted by Gasteiger charge is -2.34. The van der Waals surface area contributed by atoms with Crippen LogP contribution in [0.4, 0.5) is 0 Å². The first-order valence-corrected chi connectivity index (χ1v) is 8.75. The normalized spacial score (nSPS) is 16.9. The van der Waals surface area contributed by atoms with E-state index in [0.717, 1.165) is 39.1 Å². The lowest BCUT2D eigenvalue weighted by molar-refractivity contribution is 0.0638. The molecule has 25 heavy (non-hydrogen) atoms. The minimum Gasteiger partial charge on any atom is -0.454 e. The van der Waals surface area contributed by atoms with Crippen LogP contribution in [0.3, 0.4) is 0 Å². The van der Waals surface area contributed by atoms with Crippen molar-refractivity contribution in [2.24, 2.45) is 0 Å². The van der Waals surface area contributed by atoms with Gasteiger partial charge in [0.05, 0.1) is 0 Å². The van der Waals surface area contributed by atoms with Crippen LogP contribution in [0.15, 0.2) is 48.5 Å². The van der Waals surface area contributed by atoms with E-state index in [-0.39, 0.29) is 12.7 Å². The molecule has 2 aromatic rings. The third kappa shape index (κ3) is 3.61. The predicted octanol–water partition coefficient (Wildman–Crippen LogP) is 2.42. The maximum absolute atomic E-state index is 12.7. The number of piperazine rings is 1.